The first-order valence-electron chi connectivity index (χ1n) is 12.0. The molecule has 1 aliphatic rings. The van der Waals surface area contributed by atoms with E-state index in [4.69, 9.17) is 4.74 Å². The van der Waals surface area contributed by atoms with Gasteiger partial charge in [0.25, 0.3) is 5.91 Å². The van der Waals surface area contributed by atoms with Crippen LogP contribution in [0.1, 0.15) is 33.5 Å². The molecule has 0 saturated carbocycles. The Morgan fingerprint density at radius 1 is 1.03 bits per heavy atom. The summed E-state index contributed by atoms with van der Waals surface area (Å²) in [6, 6.07) is 18.4. The van der Waals surface area contributed by atoms with Crippen LogP contribution in [-0.4, -0.2) is 55.1 Å². The minimum atomic E-state index is -0.104. The Morgan fingerprint density at radius 2 is 1.85 bits per heavy atom. The van der Waals surface area contributed by atoms with E-state index in [-0.39, 0.29) is 5.91 Å². The summed E-state index contributed by atoms with van der Waals surface area (Å²) in [5.41, 5.74) is 5.95. The molecule has 0 atom stereocenters. The predicted octanol–water partition coefficient (Wildman–Crippen LogP) is 4.22. The highest BCUT2D eigenvalue weighted by Crippen LogP contribution is 2.24. The SMILES string of the molecule is Cc1cccc(N2CCN(Cc3cccc(OCCCNC(=O)c4cccnc4)c3)CC2)c1C. The lowest BCUT2D eigenvalue weighted by Crippen LogP contribution is -2.46. The highest BCUT2D eigenvalue weighted by Gasteiger charge is 2.19. The van der Waals surface area contributed by atoms with Crippen LogP contribution in [0.2, 0.25) is 0 Å². The summed E-state index contributed by atoms with van der Waals surface area (Å²) in [6.45, 7) is 10.7. The topological polar surface area (TPSA) is 57.7 Å². The summed E-state index contributed by atoms with van der Waals surface area (Å²) in [5.74, 6) is 0.776. The van der Waals surface area contributed by atoms with E-state index >= 15 is 0 Å². The molecule has 1 aromatic heterocycles. The largest absolute Gasteiger partial charge is 0.494 e. The monoisotopic (exact) mass is 458 g/mol. The number of carbonyl (C=O) groups is 1. The van der Waals surface area contributed by atoms with Crippen molar-refractivity contribution in [1.29, 1.82) is 0 Å². The number of piperazine rings is 1. The fourth-order valence-electron chi connectivity index (χ4n) is 4.28. The van der Waals surface area contributed by atoms with E-state index in [1.165, 1.54) is 22.4 Å². The molecule has 1 fully saturated rings. The first-order valence-corrected chi connectivity index (χ1v) is 12.0. The average molecular weight is 459 g/mol. The van der Waals surface area contributed by atoms with Crippen molar-refractivity contribution in [3.05, 3.63) is 89.2 Å². The zero-order valence-electron chi connectivity index (χ0n) is 20.2. The smallest absolute Gasteiger partial charge is 0.252 e. The molecule has 1 N–H and O–H groups in total. The lowest BCUT2D eigenvalue weighted by Gasteiger charge is -2.37. The van der Waals surface area contributed by atoms with Crippen LogP contribution in [0.25, 0.3) is 0 Å². The average Bonchev–Trinajstić information content (AvgIpc) is 2.87. The van der Waals surface area contributed by atoms with Crippen LogP contribution in [-0.2, 0) is 6.54 Å². The summed E-state index contributed by atoms with van der Waals surface area (Å²) in [7, 11) is 0. The maximum atomic E-state index is 12.0. The number of nitrogens with zero attached hydrogens (tertiary/aromatic N) is 3. The maximum absolute atomic E-state index is 12.0. The molecule has 1 aliphatic heterocycles. The van der Waals surface area contributed by atoms with Crippen molar-refractivity contribution in [3.8, 4) is 5.75 Å². The lowest BCUT2D eigenvalue weighted by molar-refractivity contribution is 0.0951. The normalized spacial score (nSPS) is 14.1. The van der Waals surface area contributed by atoms with Crippen molar-refractivity contribution in [1.82, 2.24) is 15.2 Å². The molecule has 3 aromatic rings. The molecule has 0 bridgehead atoms. The summed E-state index contributed by atoms with van der Waals surface area (Å²) in [5, 5.41) is 2.90. The van der Waals surface area contributed by atoms with Crippen LogP contribution in [0, 0.1) is 13.8 Å². The molecule has 1 saturated heterocycles. The highest BCUT2D eigenvalue weighted by molar-refractivity contribution is 5.93. The van der Waals surface area contributed by atoms with Crippen molar-refractivity contribution in [2.24, 2.45) is 0 Å². The van der Waals surface area contributed by atoms with Crippen molar-refractivity contribution < 1.29 is 9.53 Å². The van der Waals surface area contributed by atoms with Gasteiger partial charge in [0.2, 0.25) is 0 Å². The molecule has 0 aliphatic carbocycles. The van der Waals surface area contributed by atoms with Gasteiger partial charge < -0.3 is 15.0 Å². The molecular weight excluding hydrogens is 424 g/mol. The fourth-order valence-corrected chi connectivity index (χ4v) is 4.28. The number of aromatic nitrogens is 1. The van der Waals surface area contributed by atoms with Crippen molar-refractivity contribution in [2.45, 2.75) is 26.8 Å². The molecule has 0 radical (unpaired) electrons. The molecule has 2 aromatic carbocycles. The van der Waals surface area contributed by atoms with E-state index in [0.29, 0.717) is 18.7 Å². The van der Waals surface area contributed by atoms with E-state index in [1.54, 1.807) is 24.5 Å². The van der Waals surface area contributed by atoms with Crippen LogP contribution in [0.4, 0.5) is 5.69 Å². The number of aryl methyl sites for hydroxylation is 1. The van der Waals surface area contributed by atoms with Gasteiger partial charge in [-0.05, 0) is 67.3 Å². The van der Waals surface area contributed by atoms with Gasteiger partial charge in [0.15, 0.2) is 0 Å². The number of hydrogen-bond donors (Lipinski definition) is 1. The van der Waals surface area contributed by atoms with Gasteiger partial charge in [-0.25, -0.2) is 0 Å². The number of benzene rings is 2. The second kappa shape index (κ2) is 11.7. The van der Waals surface area contributed by atoms with E-state index in [1.807, 2.05) is 6.07 Å². The van der Waals surface area contributed by atoms with Crippen LogP contribution < -0.4 is 15.0 Å². The third kappa shape index (κ3) is 6.35. The fraction of sp³-hybridized carbons (Fsp3) is 0.357. The maximum Gasteiger partial charge on any atom is 0.252 e. The number of pyridine rings is 1. The zero-order valence-corrected chi connectivity index (χ0v) is 20.2. The van der Waals surface area contributed by atoms with Crippen molar-refractivity contribution in [3.63, 3.8) is 0 Å². The number of hydrogen-bond acceptors (Lipinski definition) is 5. The highest BCUT2D eigenvalue weighted by atomic mass is 16.5. The molecular formula is C28H34N4O2. The van der Waals surface area contributed by atoms with E-state index < -0.39 is 0 Å². The molecule has 34 heavy (non-hydrogen) atoms. The number of carbonyl (C=O) groups excluding carboxylic acids is 1. The number of rotatable bonds is 9. The number of anilines is 1. The Kier molecular flexibility index (Phi) is 8.15. The third-order valence-corrected chi connectivity index (χ3v) is 6.39. The molecule has 1 amide bonds. The van der Waals surface area contributed by atoms with Gasteiger partial charge >= 0.3 is 0 Å². The Morgan fingerprint density at radius 3 is 2.65 bits per heavy atom. The number of ether oxygens (including phenoxy) is 1. The van der Waals surface area contributed by atoms with Crippen molar-refractivity contribution >= 4 is 11.6 Å². The summed E-state index contributed by atoms with van der Waals surface area (Å²) in [4.78, 5) is 21.0. The van der Waals surface area contributed by atoms with Gasteiger partial charge in [0.1, 0.15) is 5.75 Å². The second-order valence-corrected chi connectivity index (χ2v) is 8.83. The van der Waals surface area contributed by atoms with E-state index in [2.05, 4.69) is 70.3 Å². The molecule has 4 rings (SSSR count). The Hall–Kier alpha value is -3.38. The Labute approximate surface area is 202 Å². The summed E-state index contributed by atoms with van der Waals surface area (Å²) < 4.78 is 5.93. The van der Waals surface area contributed by atoms with Gasteiger partial charge in [-0.3, -0.25) is 14.7 Å². The molecule has 6 nitrogen and oxygen atoms in total. The number of amides is 1. The first-order chi connectivity index (χ1) is 16.6. The van der Waals surface area contributed by atoms with Gasteiger partial charge in [-0.2, -0.15) is 0 Å². The minimum absolute atomic E-state index is 0.104. The first kappa shape index (κ1) is 23.8. The Balaban J connectivity index is 1.19. The predicted molar refractivity (Wildman–Crippen MR) is 137 cm³/mol. The molecule has 2 heterocycles. The lowest BCUT2D eigenvalue weighted by atomic mass is 10.1. The van der Waals surface area contributed by atoms with Crippen LogP contribution >= 0.6 is 0 Å². The van der Waals surface area contributed by atoms with Crippen LogP contribution in [0.15, 0.2) is 67.0 Å². The molecule has 6 heteroatoms. The standard InChI is InChI=1S/C28H34N4O2/c1-22-7-3-11-27(23(22)2)32-16-14-31(15-17-32)21-24-8-4-10-26(19-24)34-18-6-13-30-28(33)25-9-5-12-29-20-25/h3-5,7-12,19-20H,6,13-18,21H2,1-2H3,(H,30,33). The molecule has 0 spiro atoms. The summed E-state index contributed by atoms with van der Waals surface area (Å²) in [6.07, 6.45) is 3.97. The third-order valence-electron chi connectivity index (χ3n) is 6.39. The zero-order chi connectivity index (χ0) is 23.8. The summed E-state index contributed by atoms with van der Waals surface area (Å²) >= 11 is 0. The number of nitrogens with one attached hydrogen (secondary N) is 1. The van der Waals surface area contributed by atoms with E-state index in [9.17, 15) is 4.79 Å². The van der Waals surface area contributed by atoms with Gasteiger partial charge in [0.05, 0.1) is 12.2 Å². The van der Waals surface area contributed by atoms with Gasteiger partial charge in [-0.15, -0.1) is 0 Å². The molecule has 178 valence electrons. The quantitative estimate of drug-likeness (QED) is 0.487. The van der Waals surface area contributed by atoms with Crippen molar-refractivity contribution in [2.75, 3.05) is 44.2 Å². The van der Waals surface area contributed by atoms with Crippen LogP contribution in [0.3, 0.4) is 0 Å². The Bertz CT molecular complexity index is 1080. The van der Waals surface area contributed by atoms with Gasteiger partial charge in [0, 0.05) is 57.3 Å². The minimum Gasteiger partial charge on any atom is -0.494 e. The van der Waals surface area contributed by atoms with Crippen LogP contribution in [0.5, 0.6) is 5.75 Å². The second-order valence-electron chi connectivity index (χ2n) is 8.83. The van der Waals surface area contributed by atoms with Gasteiger partial charge in [-0.1, -0.05) is 24.3 Å². The molecule has 0 unspecified atom stereocenters. The van der Waals surface area contributed by atoms with E-state index in [0.717, 1.165) is 44.9 Å².